The van der Waals surface area contributed by atoms with Crippen LogP contribution in [0.5, 0.6) is 0 Å². The normalized spacial score (nSPS) is 12.8. The Morgan fingerprint density at radius 3 is 2.10 bits per heavy atom. The maximum absolute atomic E-state index is 11.7. The van der Waals surface area contributed by atoms with E-state index in [1.54, 1.807) is 13.8 Å². The zero-order valence-electron chi connectivity index (χ0n) is 11.7. The molecule has 0 aromatic heterocycles. The summed E-state index contributed by atoms with van der Waals surface area (Å²) in [6.45, 7) is 4.58. The summed E-state index contributed by atoms with van der Waals surface area (Å²) in [6, 6.07) is -1.61. The van der Waals surface area contributed by atoms with Gasteiger partial charge in [0.25, 0.3) is 0 Å². The first-order valence-electron chi connectivity index (χ1n) is 6.03. The Labute approximate surface area is 117 Å². The smallest absolute Gasteiger partial charge is 0.327 e. The molecule has 0 aromatic rings. The van der Waals surface area contributed by atoms with Crippen molar-refractivity contribution in [3.05, 3.63) is 0 Å². The topological polar surface area (TPSA) is 130 Å². The summed E-state index contributed by atoms with van der Waals surface area (Å²) in [4.78, 5) is 33.0. The van der Waals surface area contributed by atoms with Crippen LogP contribution in [0.15, 0.2) is 0 Å². The summed E-state index contributed by atoms with van der Waals surface area (Å²) in [5.41, 5.74) is 0. The number of aliphatic carboxylic acids is 1. The number of carboxylic acids is 1. The van der Waals surface area contributed by atoms with Crippen LogP contribution >= 0.6 is 0 Å². The summed E-state index contributed by atoms with van der Waals surface area (Å²) in [7, 11) is -3.76. The second-order valence-electron chi connectivity index (χ2n) is 4.68. The molecule has 1 atom stereocenters. The lowest BCUT2D eigenvalue weighted by Gasteiger charge is -2.13. The van der Waals surface area contributed by atoms with Gasteiger partial charge in [0.05, 0.1) is 11.5 Å². The molecule has 116 valence electrons. The van der Waals surface area contributed by atoms with Crippen LogP contribution in [0.1, 0.15) is 27.2 Å². The number of carbonyl (C=O) groups is 3. The van der Waals surface area contributed by atoms with Crippen LogP contribution in [0.3, 0.4) is 0 Å². The van der Waals surface area contributed by atoms with Gasteiger partial charge in [0.15, 0.2) is 9.84 Å². The highest BCUT2D eigenvalue weighted by Gasteiger charge is 2.26. The van der Waals surface area contributed by atoms with Gasteiger partial charge in [-0.1, -0.05) is 0 Å². The molecule has 0 fully saturated rings. The summed E-state index contributed by atoms with van der Waals surface area (Å²) >= 11 is 0. The van der Waals surface area contributed by atoms with Crippen molar-refractivity contribution in [3.8, 4) is 0 Å². The lowest BCUT2D eigenvalue weighted by molar-refractivity contribution is -0.140. The van der Waals surface area contributed by atoms with Crippen molar-refractivity contribution >= 4 is 27.6 Å². The number of amides is 2. The predicted molar refractivity (Wildman–Crippen MR) is 71.8 cm³/mol. The van der Waals surface area contributed by atoms with Gasteiger partial charge in [-0.2, -0.15) is 0 Å². The second-order valence-corrected chi connectivity index (χ2v) is 6.91. The van der Waals surface area contributed by atoms with Crippen LogP contribution in [-0.2, 0) is 24.2 Å². The van der Waals surface area contributed by atoms with E-state index in [4.69, 9.17) is 5.11 Å². The maximum atomic E-state index is 11.7. The highest BCUT2D eigenvalue weighted by Crippen LogP contribution is 1.99. The van der Waals surface area contributed by atoms with E-state index >= 15 is 0 Å². The third kappa shape index (κ3) is 8.46. The predicted octanol–water partition coefficient (Wildman–Crippen LogP) is -1.09. The molecule has 3 N–H and O–H groups in total. The number of carboxylic acid groups (broad SMARTS) is 1. The first-order chi connectivity index (χ1) is 9.03. The molecule has 0 aromatic carbocycles. The van der Waals surface area contributed by atoms with Crippen molar-refractivity contribution in [1.29, 1.82) is 0 Å². The molecule has 2 amide bonds. The number of sulfone groups is 1. The summed E-state index contributed by atoms with van der Waals surface area (Å²) in [5, 5.41) is 13.4. The van der Waals surface area contributed by atoms with Crippen molar-refractivity contribution in [2.24, 2.45) is 0 Å². The summed E-state index contributed by atoms with van der Waals surface area (Å²) < 4.78 is 23.4. The van der Waals surface area contributed by atoms with Crippen LogP contribution in [0, 0.1) is 0 Å². The molecule has 8 nitrogen and oxygen atoms in total. The fourth-order valence-corrected chi connectivity index (χ4v) is 2.80. The highest BCUT2D eigenvalue weighted by molar-refractivity contribution is 7.91. The Balaban J connectivity index is 4.52. The van der Waals surface area contributed by atoms with E-state index in [-0.39, 0.29) is 12.5 Å². The van der Waals surface area contributed by atoms with Crippen molar-refractivity contribution in [1.82, 2.24) is 10.6 Å². The fraction of sp³-hybridized carbons (Fsp3) is 0.727. The largest absolute Gasteiger partial charge is 0.480 e. The van der Waals surface area contributed by atoms with E-state index in [2.05, 4.69) is 5.32 Å². The van der Waals surface area contributed by atoms with E-state index in [1.165, 1.54) is 0 Å². The average molecular weight is 308 g/mol. The standard InChI is InChI=1S/C11H20N2O6S/c1-7(2)12-10(15)4-5-20(18,19)6-9(11(16)17)13-8(3)14/h7,9H,4-6H2,1-3H3,(H,12,15)(H,13,14)(H,16,17). The zero-order chi connectivity index (χ0) is 15.9. The molecule has 0 aliphatic carbocycles. The quantitative estimate of drug-likeness (QED) is 0.522. The second kappa shape index (κ2) is 7.83. The van der Waals surface area contributed by atoms with Gasteiger partial charge in [-0.3, -0.25) is 9.59 Å². The first-order valence-corrected chi connectivity index (χ1v) is 7.85. The van der Waals surface area contributed by atoms with Crippen LogP contribution in [0.2, 0.25) is 0 Å². The van der Waals surface area contributed by atoms with Crippen LogP contribution in [-0.4, -0.2) is 54.9 Å². The molecule has 0 radical (unpaired) electrons. The average Bonchev–Trinajstić information content (AvgIpc) is 2.23. The Morgan fingerprint density at radius 1 is 1.15 bits per heavy atom. The lowest BCUT2D eigenvalue weighted by atomic mass is 10.3. The Hall–Kier alpha value is -1.64. The van der Waals surface area contributed by atoms with Crippen LogP contribution < -0.4 is 10.6 Å². The van der Waals surface area contributed by atoms with E-state index < -0.39 is 45.2 Å². The number of nitrogens with one attached hydrogen (secondary N) is 2. The third-order valence-electron chi connectivity index (χ3n) is 2.19. The number of carbonyl (C=O) groups excluding carboxylic acids is 2. The van der Waals surface area contributed by atoms with Gasteiger partial charge in [0.2, 0.25) is 11.8 Å². The summed E-state index contributed by atoms with van der Waals surface area (Å²) in [6.07, 6.45) is -0.243. The van der Waals surface area contributed by atoms with Crippen molar-refractivity contribution in [2.75, 3.05) is 11.5 Å². The van der Waals surface area contributed by atoms with E-state index in [0.717, 1.165) is 6.92 Å². The molecule has 9 heteroatoms. The minimum atomic E-state index is -3.76. The van der Waals surface area contributed by atoms with Crippen LogP contribution in [0.4, 0.5) is 0 Å². The SMILES string of the molecule is CC(=O)NC(CS(=O)(=O)CCC(=O)NC(C)C)C(=O)O. The molecule has 0 heterocycles. The zero-order valence-corrected chi connectivity index (χ0v) is 12.5. The Morgan fingerprint density at radius 2 is 1.70 bits per heavy atom. The molecule has 0 aliphatic heterocycles. The monoisotopic (exact) mass is 308 g/mol. The molecule has 0 saturated heterocycles. The van der Waals surface area contributed by atoms with E-state index in [1.807, 2.05) is 5.32 Å². The van der Waals surface area contributed by atoms with E-state index in [9.17, 15) is 22.8 Å². The van der Waals surface area contributed by atoms with Crippen LogP contribution in [0.25, 0.3) is 0 Å². The van der Waals surface area contributed by atoms with Gasteiger partial charge in [-0.25, -0.2) is 13.2 Å². The minimum Gasteiger partial charge on any atom is -0.480 e. The van der Waals surface area contributed by atoms with Crippen molar-refractivity contribution in [2.45, 2.75) is 39.3 Å². The van der Waals surface area contributed by atoms with Crippen molar-refractivity contribution in [3.63, 3.8) is 0 Å². The number of hydrogen-bond donors (Lipinski definition) is 3. The first kappa shape index (κ1) is 18.4. The van der Waals surface area contributed by atoms with Gasteiger partial charge in [0.1, 0.15) is 6.04 Å². The number of hydrogen-bond acceptors (Lipinski definition) is 5. The van der Waals surface area contributed by atoms with E-state index in [0.29, 0.717) is 0 Å². The molecule has 0 spiro atoms. The lowest BCUT2D eigenvalue weighted by Crippen LogP contribution is -2.45. The highest BCUT2D eigenvalue weighted by atomic mass is 32.2. The molecular formula is C11H20N2O6S. The van der Waals surface area contributed by atoms with Gasteiger partial charge < -0.3 is 15.7 Å². The minimum absolute atomic E-state index is 0.101. The Kier molecular flexibility index (Phi) is 7.19. The van der Waals surface area contributed by atoms with Gasteiger partial charge in [-0.15, -0.1) is 0 Å². The fourth-order valence-electron chi connectivity index (χ4n) is 1.40. The number of rotatable bonds is 8. The molecule has 1 unspecified atom stereocenters. The molecule has 20 heavy (non-hydrogen) atoms. The Bertz CT molecular complexity index is 471. The molecular weight excluding hydrogens is 288 g/mol. The van der Waals surface area contributed by atoms with Crippen molar-refractivity contribution < 1.29 is 27.9 Å². The maximum Gasteiger partial charge on any atom is 0.327 e. The van der Waals surface area contributed by atoms with Gasteiger partial charge in [-0.05, 0) is 13.8 Å². The third-order valence-corrected chi connectivity index (χ3v) is 3.85. The summed E-state index contributed by atoms with van der Waals surface area (Å²) in [5.74, 6) is -3.69. The van der Waals surface area contributed by atoms with Gasteiger partial charge >= 0.3 is 5.97 Å². The molecule has 0 rings (SSSR count). The molecule has 0 bridgehead atoms. The van der Waals surface area contributed by atoms with Gasteiger partial charge in [0, 0.05) is 19.4 Å². The molecule has 0 saturated carbocycles. The molecule has 0 aliphatic rings.